The number of hydrogen-bond donors (Lipinski definition) is 1. The third-order valence-electron chi connectivity index (χ3n) is 3.52. The van der Waals surface area contributed by atoms with Crippen molar-refractivity contribution in [3.63, 3.8) is 0 Å². The summed E-state index contributed by atoms with van der Waals surface area (Å²) in [6, 6.07) is 9.39. The normalized spacial score (nSPS) is 10.6. The Morgan fingerprint density at radius 2 is 2.04 bits per heavy atom. The molecule has 2 aromatic carbocycles. The molecule has 0 saturated carbocycles. The Hall–Kier alpha value is -3.42. The van der Waals surface area contributed by atoms with Gasteiger partial charge in [0.25, 0.3) is 11.6 Å². The van der Waals surface area contributed by atoms with Crippen LogP contribution in [0.25, 0.3) is 0 Å². The molecule has 0 saturated heterocycles. The highest BCUT2D eigenvalue weighted by Crippen LogP contribution is 2.27. The Labute approximate surface area is 150 Å². The molecule has 1 amide bonds. The molecule has 0 fully saturated rings. The first-order valence-electron chi connectivity index (χ1n) is 7.85. The maximum atomic E-state index is 12.1. The number of benzene rings is 2. The van der Waals surface area contributed by atoms with Gasteiger partial charge in [0.1, 0.15) is 0 Å². The second-order valence-corrected chi connectivity index (χ2v) is 5.30. The summed E-state index contributed by atoms with van der Waals surface area (Å²) in [7, 11) is 1.54. The summed E-state index contributed by atoms with van der Waals surface area (Å²) in [4.78, 5) is 22.4. The topological polar surface area (TPSA) is 103 Å². The van der Waals surface area contributed by atoms with Gasteiger partial charge in [0.05, 0.1) is 24.9 Å². The van der Waals surface area contributed by atoms with Gasteiger partial charge in [0.15, 0.2) is 11.5 Å². The highest BCUT2D eigenvalue weighted by atomic mass is 16.6. The largest absolute Gasteiger partial charge is 0.493 e. The lowest BCUT2D eigenvalue weighted by Gasteiger charge is -2.09. The molecule has 2 aromatic rings. The molecule has 0 unspecified atom stereocenters. The standard InChI is InChI=1S/C18H19N3O5/c1-4-26-16-8-5-13(10-17(16)25-3)11-19-20-18(22)14-6-7-15(21(23)24)12(2)9-14/h5-11H,4H2,1-3H3,(H,20,22). The highest BCUT2D eigenvalue weighted by molar-refractivity contribution is 5.95. The van der Waals surface area contributed by atoms with Gasteiger partial charge in [-0.2, -0.15) is 5.10 Å². The molecule has 0 radical (unpaired) electrons. The number of carbonyl (C=O) groups excluding carboxylic acids is 1. The van der Waals surface area contributed by atoms with Crippen LogP contribution in [0.15, 0.2) is 41.5 Å². The minimum Gasteiger partial charge on any atom is -0.493 e. The van der Waals surface area contributed by atoms with E-state index in [2.05, 4.69) is 10.5 Å². The van der Waals surface area contributed by atoms with Gasteiger partial charge >= 0.3 is 0 Å². The molecule has 1 N–H and O–H groups in total. The summed E-state index contributed by atoms with van der Waals surface area (Å²) in [6.07, 6.45) is 1.47. The smallest absolute Gasteiger partial charge is 0.272 e. The molecular weight excluding hydrogens is 338 g/mol. The van der Waals surface area contributed by atoms with Crippen molar-refractivity contribution in [3.8, 4) is 11.5 Å². The Morgan fingerprint density at radius 3 is 2.65 bits per heavy atom. The van der Waals surface area contributed by atoms with Gasteiger partial charge in [-0.15, -0.1) is 0 Å². The Bertz CT molecular complexity index is 849. The van der Waals surface area contributed by atoms with Crippen molar-refractivity contribution in [2.45, 2.75) is 13.8 Å². The Balaban J connectivity index is 2.07. The molecule has 0 spiro atoms. The summed E-state index contributed by atoms with van der Waals surface area (Å²) in [5.41, 5.74) is 3.76. The number of ether oxygens (including phenoxy) is 2. The fourth-order valence-corrected chi connectivity index (χ4v) is 2.27. The van der Waals surface area contributed by atoms with Crippen LogP contribution in [0.3, 0.4) is 0 Å². The maximum absolute atomic E-state index is 12.1. The summed E-state index contributed by atoms with van der Waals surface area (Å²) in [5, 5.41) is 14.7. The molecule has 8 nitrogen and oxygen atoms in total. The number of nitro benzene ring substituents is 1. The van der Waals surface area contributed by atoms with Crippen LogP contribution in [0.4, 0.5) is 5.69 Å². The molecule has 0 aliphatic rings. The summed E-state index contributed by atoms with van der Waals surface area (Å²) >= 11 is 0. The number of hydrazone groups is 1. The molecule has 0 bridgehead atoms. The first kappa shape index (κ1) is 18.9. The highest BCUT2D eigenvalue weighted by Gasteiger charge is 2.13. The Morgan fingerprint density at radius 1 is 1.27 bits per heavy atom. The van der Waals surface area contributed by atoms with Gasteiger partial charge in [-0.25, -0.2) is 5.43 Å². The molecule has 0 atom stereocenters. The number of aryl methyl sites for hydroxylation is 1. The zero-order valence-corrected chi connectivity index (χ0v) is 14.7. The first-order valence-corrected chi connectivity index (χ1v) is 7.85. The minimum absolute atomic E-state index is 0.0356. The summed E-state index contributed by atoms with van der Waals surface area (Å²) in [5.74, 6) is 0.725. The number of methoxy groups -OCH3 is 1. The zero-order chi connectivity index (χ0) is 19.1. The van der Waals surface area contributed by atoms with E-state index in [1.165, 1.54) is 31.5 Å². The van der Waals surface area contributed by atoms with E-state index in [0.29, 0.717) is 29.2 Å². The number of nitrogens with zero attached hydrogens (tertiary/aromatic N) is 2. The third-order valence-corrected chi connectivity index (χ3v) is 3.52. The zero-order valence-electron chi connectivity index (χ0n) is 14.7. The van der Waals surface area contributed by atoms with E-state index in [1.807, 2.05) is 6.92 Å². The molecule has 8 heteroatoms. The van der Waals surface area contributed by atoms with E-state index in [4.69, 9.17) is 9.47 Å². The number of nitrogens with one attached hydrogen (secondary N) is 1. The average Bonchev–Trinajstić information content (AvgIpc) is 2.62. The van der Waals surface area contributed by atoms with Crippen LogP contribution in [0, 0.1) is 17.0 Å². The lowest BCUT2D eigenvalue weighted by Crippen LogP contribution is -2.17. The van der Waals surface area contributed by atoms with Crippen molar-refractivity contribution in [2.24, 2.45) is 5.10 Å². The van der Waals surface area contributed by atoms with E-state index in [9.17, 15) is 14.9 Å². The second-order valence-electron chi connectivity index (χ2n) is 5.30. The monoisotopic (exact) mass is 357 g/mol. The quantitative estimate of drug-likeness (QED) is 0.466. The van der Waals surface area contributed by atoms with Crippen molar-refractivity contribution in [1.82, 2.24) is 5.43 Å². The molecule has 136 valence electrons. The van der Waals surface area contributed by atoms with Crippen molar-refractivity contribution in [2.75, 3.05) is 13.7 Å². The van der Waals surface area contributed by atoms with Gasteiger partial charge in [-0.05, 0) is 49.7 Å². The number of hydrogen-bond acceptors (Lipinski definition) is 6. The second kappa shape index (κ2) is 8.61. The lowest BCUT2D eigenvalue weighted by atomic mass is 10.1. The van der Waals surface area contributed by atoms with Gasteiger partial charge in [0, 0.05) is 17.2 Å². The van der Waals surface area contributed by atoms with Crippen LogP contribution in [0.1, 0.15) is 28.4 Å². The predicted octanol–water partition coefficient (Wildman–Crippen LogP) is 3.07. The van der Waals surface area contributed by atoms with Crippen LogP contribution in [0.5, 0.6) is 11.5 Å². The molecule has 0 aliphatic carbocycles. The third kappa shape index (κ3) is 4.56. The molecule has 0 aromatic heterocycles. The molecule has 2 rings (SSSR count). The van der Waals surface area contributed by atoms with Crippen LogP contribution < -0.4 is 14.9 Å². The van der Waals surface area contributed by atoms with Crippen LogP contribution >= 0.6 is 0 Å². The minimum atomic E-state index is -0.492. The van der Waals surface area contributed by atoms with E-state index in [0.717, 1.165) is 0 Å². The van der Waals surface area contributed by atoms with Gasteiger partial charge in [-0.3, -0.25) is 14.9 Å². The number of nitro groups is 1. The molecular formula is C18H19N3O5. The molecule has 0 heterocycles. The average molecular weight is 357 g/mol. The van der Waals surface area contributed by atoms with Gasteiger partial charge in [0.2, 0.25) is 0 Å². The van der Waals surface area contributed by atoms with Crippen molar-refractivity contribution in [1.29, 1.82) is 0 Å². The van der Waals surface area contributed by atoms with Crippen molar-refractivity contribution < 1.29 is 19.2 Å². The SMILES string of the molecule is CCOc1ccc(C=NNC(=O)c2ccc([N+](=O)[O-])c(C)c2)cc1OC. The van der Waals surface area contributed by atoms with Crippen LogP contribution in [-0.4, -0.2) is 30.8 Å². The van der Waals surface area contributed by atoms with Gasteiger partial charge < -0.3 is 9.47 Å². The lowest BCUT2D eigenvalue weighted by molar-refractivity contribution is -0.385. The predicted molar refractivity (Wildman–Crippen MR) is 97.1 cm³/mol. The maximum Gasteiger partial charge on any atom is 0.272 e. The molecule has 0 aliphatic heterocycles. The summed E-state index contributed by atoms with van der Waals surface area (Å²) in [6.45, 7) is 3.98. The van der Waals surface area contributed by atoms with Crippen molar-refractivity contribution >= 4 is 17.8 Å². The number of amides is 1. The fraction of sp³-hybridized carbons (Fsp3) is 0.222. The summed E-state index contributed by atoms with van der Waals surface area (Å²) < 4.78 is 10.7. The van der Waals surface area contributed by atoms with Crippen LogP contribution in [0.2, 0.25) is 0 Å². The number of rotatable bonds is 7. The van der Waals surface area contributed by atoms with E-state index >= 15 is 0 Å². The Kier molecular flexibility index (Phi) is 6.26. The van der Waals surface area contributed by atoms with Crippen LogP contribution in [-0.2, 0) is 0 Å². The van der Waals surface area contributed by atoms with Crippen molar-refractivity contribution in [3.05, 3.63) is 63.2 Å². The molecule has 26 heavy (non-hydrogen) atoms. The first-order chi connectivity index (χ1) is 12.5. The number of carbonyl (C=O) groups is 1. The van der Waals surface area contributed by atoms with E-state index in [1.54, 1.807) is 25.1 Å². The van der Waals surface area contributed by atoms with E-state index < -0.39 is 10.8 Å². The fourth-order valence-electron chi connectivity index (χ4n) is 2.27. The van der Waals surface area contributed by atoms with E-state index in [-0.39, 0.29) is 11.3 Å². The van der Waals surface area contributed by atoms with Gasteiger partial charge in [-0.1, -0.05) is 0 Å².